The topological polar surface area (TPSA) is 40.6 Å². The number of rotatable bonds is 8. The summed E-state index contributed by atoms with van der Waals surface area (Å²) in [6, 6.07) is 94.6. The van der Waals surface area contributed by atoms with Crippen molar-refractivity contribution in [1.82, 2.24) is 23.7 Å². The average molecular weight is 984 g/mol. The van der Waals surface area contributed by atoms with Gasteiger partial charge in [0, 0.05) is 66.1 Å². The molecule has 4 aromatic heterocycles. The molecule has 11 aromatic carbocycles. The molecule has 0 saturated carbocycles. The van der Waals surface area contributed by atoms with Gasteiger partial charge < -0.3 is 13.7 Å². The molecule has 0 fully saturated rings. The summed E-state index contributed by atoms with van der Waals surface area (Å²) in [5, 5.41) is 7.46. The molecule has 0 aliphatic carbocycles. The van der Waals surface area contributed by atoms with Gasteiger partial charge in [0.05, 0.1) is 44.5 Å². The van der Waals surface area contributed by atoms with E-state index >= 15 is 0 Å². The molecule has 0 N–H and O–H groups in total. The zero-order chi connectivity index (χ0) is 51.1. The minimum Gasteiger partial charge on any atom is -0.309 e. The summed E-state index contributed by atoms with van der Waals surface area (Å²) in [6.07, 6.45) is 0. The van der Waals surface area contributed by atoms with Crippen LogP contribution in [0.1, 0.15) is 11.1 Å². The Balaban J connectivity index is 0.796. The van der Waals surface area contributed by atoms with Gasteiger partial charge >= 0.3 is 0 Å². The first-order chi connectivity index (χ1) is 38.0. The molecule has 0 saturated heterocycles. The smallest absolute Gasteiger partial charge is 0.160 e. The third-order valence-corrected chi connectivity index (χ3v) is 15.6. The van der Waals surface area contributed by atoms with E-state index in [-0.39, 0.29) is 0 Å². The summed E-state index contributed by atoms with van der Waals surface area (Å²) < 4.78 is 7.31. The van der Waals surface area contributed by atoms with Crippen molar-refractivity contribution >= 4 is 65.4 Å². The number of benzene rings is 11. The molecule has 0 atom stereocenters. The van der Waals surface area contributed by atoms with Crippen LogP contribution in [-0.2, 0) is 0 Å². The lowest BCUT2D eigenvalue weighted by atomic mass is 9.98. The average Bonchev–Trinajstić information content (AvgIpc) is 4.27. The van der Waals surface area contributed by atoms with Gasteiger partial charge in [-0.1, -0.05) is 181 Å². The minimum atomic E-state index is 0.713. The highest BCUT2D eigenvalue weighted by molar-refractivity contribution is 6.14. The Hall–Kier alpha value is -10.1. The van der Waals surface area contributed by atoms with E-state index in [1.165, 1.54) is 71.1 Å². The summed E-state index contributed by atoms with van der Waals surface area (Å²) in [5.74, 6) is 0.713. The minimum absolute atomic E-state index is 0.713. The van der Waals surface area contributed by atoms with Crippen molar-refractivity contribution in [3.63, 3.8) is 0 Å². The zero-order valence-corrected chi connectivity index (χ0v) is 42.6. The van der Waals surface area contributed by atoms with E-state index in [0.29, 0.717) is 5.82 Å². The highest BCUT2D eigenvalue weighted by Crippen LogP contribution is 2.41. The van der Waals surface area contributed by atoms with E-state index in [2.05, 4.69) is 252 Å². The molecule has 362 valence electrons. The number of para-hydroxylation sites is 2. The third kappa shape index (κ3) is 7.46. The molecule has 0 radical (unpaired) electrons. The monoisotopic (exact) mass is 983 g/mol. The van der Waals surface area contributed by atoms with E-state index in [9.17, 15) is 0 Å². The summed E-state index contributed by atoms with van der Waals surface area (Å²) in [6.45, 7) is 4.35. The van der Waals surface area contributed by atoms with Gasteiger partial charge in [-0.05, 0) is 127 Å². The maximum Gasteiger partial charge on any atom is 0.160 e. The predicted octanol–water partition coefficient (Wildman–Crippen LogP) is 18.7. The van der Waals surface area contributed by atoms with E-state index in [1.807, 2.05) is 36.4 Å². The Kier molecular flexibility index (Phi) is 10.3. The number of aryl methyl sites for hydroxylation is 2. The fraction of sp³-hybridized carbons (Fsp3) is 0.0278. The molecule has 15 rings (SSSR count). The molecule has 0 amide bonds. The van der Waals surface area contributed by atoms with E-state index in [4.69, 9.17) is 9.97 Å². The van der Waals surface area contributed by atoms with Crippen molar-refractivity contribution in [2.24, 2.45) is 0 Å². The van der Waals surface area contributed by atoms with Gasteiger partial charge in [-0.25, -0.2) is 9.97 Å². The van der Waals surface area contributed by atoms with Gasteiger partial charge in [-0.15, -0.1) is 0 Å². The summed E-state index contributed by atoms with van der Waals surface area (Å²) in [7, 11) is 0. The standard InChI is InChI=1S/C72H49N5/c1-46-21-37-68-60(41-46)58-17-9-11-19-66(58)76(68)56-35-39-70-62(43-56)63-44-57(77-67-20-12-10-18-59(67)61-42-47(2)22-38-69(61)77)36-40-71(63)75(70)55-33-31-51(32-34-55)49-25-23-48(24-26-49)50-27-29-53(30-28-50)65-45-64(52-13-5-3-6-14-52)73-72(74-65)54-15-7-4-8-16-54/h3-45H,1-2H3. The summed E-state index contributed by atoms with van der Waals surface area (Å²) in [4.78, 5) is 10.0. The zero-order valence-electron chi connectivity index (χ0n) is 42.6. The van der Waals surface area contributed by atoms with Crippen LogP contribution < -0.4 is 0 Å². The molecule has 77 heavy (non-hydrogen) atoms. The molecular weight excluding hydrogens is 935 g/mol. The van der Waals surface area contributed by atoms with Gasteiger partial charge in [-0.3, -0.25) is 0 Å². The maximum atomic E-state index is 5.05. The molecule has 0 unspecified atom stereocenters. The first-order valence-corrected chi connectivity index (χ1v) is 26.4. The molecule has 0 spiro atoms. The molecule has 5 nitrogen and oxygen atoms in total. The third-order valence-electron chi connectivity index (χ3n) is 15.6. The lowest BCUT2D eigenvalue weighted by Gasteiger charge is -2.12. The fourth-order valence-corrected chi connectivity index (χ4v) is 11.8. The molecular formula is C72H49N5. The van der Waals surface area contributed by atoms with Gasteiger partial charge in [0.2, 0.25) is 0 Å². The first kappa shape index (κ1) is 44.4. The SMILES string of the molecule is Cc1ccc2c(c1)c1ccccc1n2-c1ccc2c(c1)c1cc(-n3c4ccccc4c4cc(C)ccc43)ccc1n2-c1ccc(-c2ccc(-c3ccc(-c4cc(-c5ccccc5)nc(-c5ccccc5)n4)cc3)cc2)cc1. The Morgan fingerprint density at radius 3 is 1.03 bits per heavy atom. The van der Waals surface area contributed by atoms with Crippen LogP contribution in [-0.4, -0.2) is 23.7 Å². The molecule has 0 bridgehead atoms. The van der Waals surface area contributed by atoms with Crippen LogP contribution in [0.15, 0.2) is 261 Å². The van der Waals surface area contributed by atoms with E-state index in [1.54, 1.807) is 0 Å². The quantitative estimate of drug-likeness (QED) is 0.152. The Bertz CT molecular complexity index is 4540. The van der Waals surface area contributed by atoms with Crippen molar-refractivity contribution in [2.45, 2.75) is 13.8 Å². The highest BCUT2D eigenvalue weighted by atomic mass is 15.0. The lowest BCUT2D eigenvalue weighted by molar-refractivity contribution is 1.16. The number of hydrogen-bond acceptors (Lipinski definition) is 2. The van der Waals surface area contributed by atoms with E-state index < -0.39 is 0 Å². The molecule has 4 heterocycles. The van der Waals surface area contributed by atoms with Crippen LogP contribution in [0.3, 0.4) is 0 Å². The number of fused-ring (bicyclic) bond motifs is 9. The van der Waals surface area contributed by atoms with Crippen LogP contribution in [0.2, 0.25) is 0 Å². The lowest BCUT2D eigenvalue weighted by Crippen LogP contribution is -1.96. The van der Waals surface area contributed by atoms with Crippen molar-refractivity contribution < 1.29 is 0 Å². The predicted molar refractivity (Wildman–Crippen MR) is 322 cm³/mol. The second kappa shape index (κ2) is 17.8. The van der Waals surface area contributed by atoms with Crippen LogP contribution >= 0.6 is 0 Å². The van der Waals surface area contributed by atoms with E-state index in [0.717, 1.165) is 72.9 Å². The van der Waals surface area contributed by atoms with Crippen molar-refractivity contribution in [1.29, 1.82) is 0 Å². The molecule has 0 aliphatic heterocycles. The van der Waals surface area contributed by atoms with Crippen LogP contribution in [0.4, 0.5) is 0 Å². The van der Waals surface area contributed by atoms with Crippen LogP contribution in [0.5, 0.6) is 0 Å². The van der Waals surface area contributed by atoms with Crippen LogP contribution in [0.25, 0.3) is 139 Å². The summed E-state index contributed by atoms with van der Waals surface area (Å²) >= 11 is 0. The molecule has 15 aromatic rings. The second-order valence-corrected chi connectivity index (χ2v) is 20.4. The maximum absolute atomic E-state index is 5.05. The summed E-state index contributed by atoms with van der Waals surface area (Å²) in [5.41, 5.74) is 22.6. The number of hydrogen-bond donors (Lipinski definition) is 0. The van der Waals surface area contributed by atoms with Gasteiger partial charge in [0.25, 0.3) is 0 Å². The first-order valence-electron chi connectivity index (χ1n) is 26.4. The second-order valence-electron chi connectivity index (χ2n) is 20.4. The number of aromatic nitrogens is 5. The normalized spacial score (nSPS) is 11.8. The van der Waals surface area contributed by atoms with Gasteiger partial charge in [-0.2, -0.15) is 0 Å². The largest absolute Gasteiger partial charge is 0.309 e. The fourth-order valence-electron chi connectivity index (χ4n) is 11.8. The van der Waals surface area contributed by atoms with Gasteiger partial charge in [0.1, 0.15) is 0 Å². The Morgan fingerprint density at radius 1 is 0.234 bits per heavy atom. The van der Waals surface area contributed by atoms with Crippen molar-refractivity contribution in [3.8, 4) is 73.2 Å². The van der Waals surface area contributed by atoms with Gasteiger partial charge in [0.15, 0.2) is 5.82 Å². The highest BCUT2D eigenvalue weighted by Gasteiger charge is 2.20. The molecule has 0 aliphatic rings. The number of nitrogens with zero attached hydrogens (tertiary/aromatic N) is 5. The van der Waals surface area contributed by atoms with Crippen molar-refractivity contribution in [2.75, 3.05) is 0 Å². The Morgan fingerprint density at radius 2 is 0.558 bits per heavy atom. The molecule has 5 heteroatoms. The van der Waals surface area contributed by atoms with Crippen molar-refractivity contribution in [3.05, 3.63) is 272 Å². The van der Waals surface area contributed by atoms with Crippen LogP contribution in [0, 0.1) is 13.8 Å². The Labute approximate surface area is 445 Å².